The third kappa shape index (κ3) is 4.20. The molecule has 0 radical (unpaired) electrons. The lowest BCUT2D eigenvalue weighted by atomic mass is 10.1. The number of nitrogens with zero attached hydrogens (tertiary/aromatic N) is 1. The van der Waals surface area contributed by atoms with Gasteiger partial charge in [-0.05, 0) is 43.3 Å². The van der Waals surface area contributed by atoms with Crippen LogP contribution in [0, 0.1) is 11.3 Å². The third-order valence-electron chi connectivity index (χ3n) is 3.48. The van der Waals surface area contributed by atoms with Gasteiger partial charge in [-0.25, -0.2) is 0 Å². The van der Waals surface area contributed by atoms with E-state index in [1.54, 1.807) is 62.4 Å². The number of nitrogens with one attached hydrogen (secondary N) is 1. The predicted octanol–water partition coefficient (Wildman–Crippen LogP) is 3.56. The Hall–Kier alpha value is -3.13. The van der Waals surface area contributed by atoms with E-state index in [9.17, 15) is 9.59 Å². The molecule has 0 aliphatic heterocycles. The van der Waals surface area contributed by atoms with Gasteiger partial charge in [-0.1, -0.05) is 19.1 Å². The highest BCUT2D eigenvalue weighted by atomic mass is 16.5. The lowest BCUT2D eigenvalue weighted by Gasteiger charge is -2.15. The van der Waals surface area contributed by atoms with Crippen LogP contribution in [0.4, 0.5) is 5.69 Å². The number of ether oxygens (including phenoxy) is 1. The molecule has 0 fully saturated rings. The minimum Gasteiger partial charge on any atom is -0.481 e. The highest BCUT2D eigenvalue weighted by Crippen LogP contribution is 2.17. The lowest BCUT2D eigenvalue weighted by Crippen LogP contribution is -2.30. The number of anilines is 1. The number of carbonyl (C=O) groups is 2. The SMILES string of the molecule is CCC(=O)c1ccc(O[C@H](C)C(=O)Nc2ccccc2C#N)cc1. The van der Waals surface area contributed by atoms with Crippen molar-refractivity contribution in [1.82, 2.24) is 0 Å². The summed E-state index contributed by atoms with van der Waals surface area (Å²) in [5, 5.41) is 11.7. The molecular weight excluding hydrogens is 304 g/mol. The molecule has 0 spiro atoms. The van der Waals surface area contributed by atoms with E-state index < -0.39 is 6.10 Å². The van der Waals surface area contributed by atoms with E-state index >= 15 is 0 Å². The van der Waals surface area contributed by atoms with Crippen LogP contribution in [0.1, 0.15) is 36.2 Å². The number of amides is 1. The quantitative estimate of drug-likeness (QED) is 0.825. The van der Waals surface area contributed by atoms with Gasteiger partial charge in [0.2, 0.25) is 0 Å². The lowest BCUT2D eigenvalue weighted by molar-refractivity contribution is -0.122. The summed E-state index contributed by atoms with van der Waals surface area (Å²) >= 11 is 0. The Morgan fingerprint density at radius 1 is 1.17 bits per heavy atom. The fraction of sp³-hybridized carbons (Fsp3) is 0.211. The van der Waals surface area contributed by atoms with Crippen LogP contribution in [0.5, 0.6) is 5.75 Å². The van der Waals surface area contributed by atoms with Crippen LogP contribution in [0.15, 0.2) is 48.5 Å². The first-order chi connectivity index (χ1) is 11.5. The van der Waals surface area contributed by atoms with E-state index in [2.05, 4.69) is 5.32 Å². The Bertz CT molecular complexity index is 776. The first kappa shape index (κ1) is 17.2. The number of Topliss-reactive ketones (excluding diaryl/α,β-unsaturated/α-hetero) is 1. The van der Waals surface area contributed by atoms with Crippen molar-refractivity contribution in [3.05, 3.63) is 59.7 Å². The van der Waals surface area contributed by atoms with Gasteiger partial charge in [-0.2, -0.15) is 5.26 Å². The molecule has 24 heavy (non-hydrogen) atoms. The average Bonchev–Trinajstić information content (AvgIpc) is 2.62. The van der Waals surface area contributed by atoms with Crippen LogP contribution >= 0.6 is 0 Å². The zero-order chi connectivity index (χ0) is 17.5. The summed E-state index contributed by atoms with van der Waals surface area (Å²) in [6.07, 6.45) is -0.304. The molecule has 1 amide bonds. The number of benzene rings is 2. The molecule has 5 heteroatoms. The van der Waals surface area contributed by atoms with Crippen LogP contribution in [-0.2, 0) is 4.79 Å². The number of nitriles is 1. The Kier molecular flexibility index (Phi) is 5.69. The predicted molar refractivity (Wildman–Crippen MR) is 90.9 cm³/mol. The third-order valence-corrected chi connectivity index (χ3v) is 3.48. The highest BCUT2D eigenvalue weighted by molar-refractivity contribution is 5.96. The number of hydrogen-bond acceptors (Lipinski definition) is 4. The summed E-state index contributed by atoms with van der Waals surface area (Å²) in [6, 6.07) is 15.5. The topological polar surface area (TPSA) is 79.2 Å². The Labute approximate surface area is 140 Å². The number of para-hydroxylation sites is 1. The largest absolute Gasteiger partial charge is 0.481 e. The molecule has 0 aromatic heterocycles. The molecule has 0 aliphatic carbocycles. The molecule has 0 saturated heterocycles. The molecule has 0 saturated carbocycles. The van der Waals surface area contributed by atoms with Gasteiger partial charge >= 0.3 is 0 Å². The zero-order valence-corrected chi connectivity index (χ0v) is 13.6. The van der Waals surface area contributed by atoms with Crippen LogP contribution in [0.2, 0.25) is 0 Å². The maximum atomic E-state index is 12.2. The molecule has 0 unspecified atom stereocenters. The van der Waals surface area contributed by atoms with Crippen LogP contribution in [0.3, 0.4) is 0 Å². The minimum atomic E-state index is -0.746. The van der Waals surface area contributed by atoms with Crippen LogP contribution in [-0.4, -0.2) is 17.8 Å². The Morgan fingerprint density at radius 3 is 2.46 bits per heavy atom. The second-order valence-electron chi connectivity index (χ2n) is 5.21. The van der Waals surface area contributed by atoms with Gasteiger partial charge in [0, 0.05) is 12.0 Å². The van der Waals surface area contributed by atoms with E-state index in [0.717, 1.165) is 0 Å². The van der Waals surface area contributed by atoms with Crippen molar-refractivity contribution < 1.29 is 14.3 Å². The molecular formula is C19H18N2O3. The maximum Gasteiger partial charge on any atom is 0.265 e. The van der Waals surface area contributed by atoms with Gasteiger partial charge in [-0.3, -0.25) is 9.59 Å². The van der Waals surface area contributed by atoms with E-state index in [-0.39, 0.29) is 11.7 Å². The van der Waals surface area contributed by atoms with E-state index in [0.29, 0.717) is 29.0 Å². The first-order valence-corrected chi connectivity index (χ1v) is 7.65. The molecule has 5 nitrogen and oxygen atoms in total. The summed E-state index contributed by atoms with van der Waals surface area (Å²) in [5.41, 5.74) is 1.45. The fourth-order valence-corrected chi connectivity index (χ4v) is 2.11. The van der Waals surface area contributed by atoms with Crippen molar-refractivity contribution in [2.75, 3.05) is 5.32 Å². The van der Waals surface area contributed by atoms with Crippen molar-refractivity contribution in [1.29, 1.82) is 5.26 Å². The normalized spacial score (nSPS) is 11.2. The molecule has 2 aromatic rings. The zero-order valence-electron chi connectivity index (χ0n) is 13.6. The van der Waals surface area contributed by atoms with Gasteiger partial charge in [0.1, 0.15) is 11.8 Å². The molecule has 0 aliphatic rings. The molecule has 1 N–H and O–H groups in total. The van der Waals surface area contributed by atoms with Crippen molar-refractivity contribution in [2.45, 2.75) is 26.4 Å². The summed E-state index contributed by atoms with van der Waals surface area (Å²) < 4.78 is 5.58. The highest BCUT2D eigenvalue weighted by Gasteiger charge is 2.16. The van der Waals surface area contributed by atoms with Gasteiger partial charge in [0.25, 0.3) is 5.91 Å². The number of ketones is 1. The van der Waals surface area contributed by atoms with Crippen LogP contribution in [0.25, 0.3) is 0 Å². The number of carbonyl (C=O) groups excluding carboxylic acids is 2. The maximum absolute atomic E-state index is 12.2. The van der Waals surface area contributed by atoms with Gasteiger partial charge in [-0.15, -0.1) is 0 Å². The number of rotatable bonds is 6. The Morgan fingerprint density at radius 2 is 1.83 bits per heavy atom. The van der Waals surface area contributed by atoms with Gasteiger partial charge in [0.15, 0.2) is 11.9 Å². The van der Waals surface area contributed by atoms with E-state index in [4.69, 9.17) is 10.00 Å². The molecule has 1 atom stereocenters. The Balaban J connectivity index is 2.01. The average molecular weight is 322 g/mol. The molecule has 0 bridgehead atoms. The molecule has 2 rings (SSSR count). The summed E-state index contributed by atoms with van der Waals surface area (Å²) in [7, 11) is 0. The monoisotopic (exact) mass is 322 g/mol. The standard InChI is InChI=1S/C19H18N2O3/c1-3-18(22)14-8-10-16(11-9-14)24-13(2)19(23)21-17-7-5-4-6-15(17)12-20/h4-11,13H,3H2,1-2H3,(H,21,23)/t13-/m1/s1. The summed E-state index contributed by atoms with van der Waals surface area (Å²) in [5.74, 6) is 0.200. The van der Waals surface area contributed by atoms with Crippen molar-refractivity contribution in [3.63, 3.8) is 0 Å². The summed E-state index contributed by atoms with van der Waals surface area (Å²) in [6.45, 7) is 3.42. The molecule has 122 valence electrons. The number of hydrogen-bond donors (Lipinski definition) is 1. The first-order valence-electron chi connectivity index (χ1n) is 7.65. The van der Waals surface area contributed by atoms with Crippen molar-refractivity contribution in [2.24, 2.45) is 0 Å². The smallest absolute Gasteiger partial charge is 0.265 e. The van der Waals surface area contributed by atoms with E-state index in [1.165, 1.54) is 0 Å². The second kappa shape index (κ2) is 7.93. The summed E-state index contributed by atoms with van der Waals surface area (Å²) in [4.78, 5) is 23.8. The van der Waals surface area contributed by atoms with Crippen molar-refractivity contribution >= 4 is 17.4 Å². The van der Waals surface area contributed by atoms with E-state index in [1.807, 2.05) is 6.07 Å². The van der Waals surface area contributed by atoms with Crippen molar-refractivity contribution in [3.8, 4) is 11.8 Å². The fourth-order valence-electron chi connectivity index (χ4n) is 2.11. The van der Waals surface area contributed by atoms with Gasteiger partial charge in [0.05, 0.1) is 11.3 Å². The van der Waals surface area contributed by atoms with Crippen LogP contribution < -0.4 is 10.1 Å². The minimum absolute atomic E-state index is 0.0560. The molecule has 2 aromatic carbocycles. The molecule has 0 heterocycles. The second-order valence-corrected chi connectivity index (χ2v) is 5.21. The van der Waals surface area contributed by atoms with Gasteiger partial charge < -0.3 is 10.1 Å².